The molecule has 2 aromatic rings. The van der Waals surface area contributed by atoms with Crippen molar-refractivity contribution in [1.82, 2.24) is 15.1 Å². The molecule has 1 aliphatic heterocycles. The largest absolute Gasteiger partial charge is 0.466 e. The van der Waals surface area contributed by atoms with Crippen molar-refractivity contribution in [1.29, 1.82) is 0 Å². The molecular formula is C18H24N4O2. The molecule has 1 atom stereocenters. The first-order valence-electron chi connectivity index (χ1n) is 8.44. The van der Waals surface area contributed by atoms with E-state index in [2.05, 4.69) is 15.5 Å². The van der Waals surface area contributed by atoms with Crippen molar-refractivity contribution in [2.24, 2.45) is 0 Å². The van der Waals surface area contributed by atoms with E-state index in [1.807, 2.05) is 43.9 Å². The summed E-state index contributed by atoms with van der Waals surface area (Å²) in [7, 11) is 0. The number of hydrogen-bond donors (Lipinski definition) is 1. The van der Waals surface area contributed by atoms with Gasteiger partial charge in [0.05, 0.1) is 5.92 Å². The van der Waals surface area contributed by atoms with Crippen LogP contribution < -0.4 is 5.32 Å². The first-order chi connectivity index (χ1) is 11.5. The highest BCUT2D eigenvalue weighted by molar-refractivity contribution is 5.83. The topological polar surface area (TPSA) is 71.3 Å². The second-order valence-electron chi connectivity index (χ2n) is 6.44. The highest BCUT2D eigenvalue weighted by Crippen LogP contribution is 2.26. The van der Waals surface area contributed by atoms with Crippen LogP contribution >= 0.6 is 0 Å². The highest BCUT2D eigenvalue weighted by Gasteiger charge is 2.28. The Labute approximate surface area is 142 Å². The van der Waals surface area contributed by atoms with Crippen molar-refractivity contribution in [2.75, 3.05) is 18.4 Å². The van der Waals surface area contributed by atoms with E-state index in [0.29, 0.717) is 6.04 Å². The molecule has 0 aliphatic carbocycles. The summed E-state index contributed by atoms with van der Waals surface area (Å²) in [6, 6.07) is 6.08. The quantitative estimate of drug-likeness (QED) is 0.934. The molecule has 1 unspecified atom stereocenters. The lowest BCUT2D eigenvalue weighted by Crippen LogP contribution is -2.44. The molecule has 0 spiro atoms. The molecule has 24 heavy (non-hydrogen) atoms. The lowest BCUT2D eigenvalue weighted by Gasteiger charge is -2.34. The minimum absolute atomic E-state index is 0.160. The van der Waals surface area contributed by atoms with E-state index < -0.39 is 0 Å². The number of likely N-dealkylation sites (tertiary alicyclic amines) is 1. The summed E-state index contributed by atoms with van der Waals surface area (Å²) < 4.78 is 5.56. The summed E-state index contributed by atoms with van der Waals surface area (Å²) in [5.41, 5.74) is 0.998. The Morgan fingerprint density at radius 2 is 2.12 bits per heavy atom. The molecule has 3 rings (SSSR count). The maximum absolute atomic E-state index is 12.8. The number of amides is 1. The zero-order valence-corrected chi connectivity index (χ0v) is 14.5. The summed E-state index contributed by atoms with van der Waals surface area (Å²) in [6.07, 6.45) is 3.49. The van der Waals surface area contributed by atoms with Crippen LogP contribution in [0, 0.1) is 13.8 Å². The van der Waals surface area contributed by atoms with E-state index in [-0.39, 0.29) is 11.8 Å². The predicted octanol–water partition coefficient (Wildman–Crippen LogP) is 2.89. The predicted molar refractivity (Wildman–Crippen MR) is 91.9 cm³/mol. The average molecular weight is 328 g/mol. The second-order valence-corrected chi connectivity index (χ2v) is 6.44. The van der Waals surface area contributed by atoms with E-state index in [1.54, 1.807) is 6.20 Å². The van der Waals surface area contributed by atoms with E-state index >= 15 is 0 Å². The third-order valence-electron chi connectivity index (χ3n) is 4.65. The number of aromatic nitrogens is 2. The molecule has 0 saturated carbocycles. The number of anilines is 1. The number of carbonyl (C=O) groups is 1. The number of nitrogens with zero attached hydrogens (tertiary/aromatic N) is 3. The molecule has 1 N–H and O–H groups in total. The third-order valence-corrected chi connectivity index (χ3v) is 4.65. The maximum Gasteiger partial charge on any atom is 0.229 e. The Morgan fingerprint density at radius 3 is 2.71 bits per heavy atom. The SMILES string of the molecule is Cc1cc(C(C)C(=O)N2CCC(Nc3cccnn3)CC2)c(C)o1. The van der Waals surface area contributed by atoms with Crippen LogP contribution in [0.4, 0.5) is 5.82 Å². The minimum atomic E-state index is -0.160. The Balaban J connectivity index is 1.56. The van der Waals surface area contributed by atoms with E-state index in [1.165, 1.54) is 0 Å². The van der Waals surface area contributed by atoms with E-state index in [9.17, 15) is 4.79 Å². The smallest absolute Gasteiger partial charge is 0.229 e. The van der Waals surface area contributed by atoms with Gasteiger partial charge >= 0.3 is 0 Å². The van der Waals surface area contributed by atoms with E-state index in [4.69, 9.17) is 4.42 Å². The molecule has 6 heteroatoms. The Hall–Kier alpha value is -2.37. The fraction of sp³-hybridized carbons (Fsp3) is 0.500. The normalized spacial score (nSPS) is 16.9. The van der Waals surface area contributed by atoms with Gasteiger partial charge in [-0.3, -0.25) is 4.79 Å². The molecule has 1 saturated heterocycles. The minimum Gasteiger partial charge on any atom is -0.466 e. The standard InChI is InChI=1S/C18H24N4O2/c1-12-11-16(14(3)24-12)13(2)18(23)22-9-6-15(7-10-22)20-17-5-4-8-19-21-17/h4-5,8,11,13,15H,6-7,9-10H2,1-3H3,(H,20,21). The van der Waals surface area contributed by atoms with Crippen molar-refractivity contribution in [3.63, 3.8) is 0 Å². The summed E-state index contributed by atoms with van der Waals surface area (Å²) >= 11 is 0. The lowest BCUT2D eigenvalue weighted by molar-refractivity contribution is -0.133. The Bertz CT molecular complexity index is 690. The zero-order chi connectivity index (χ0) is 17.1. The summed E-state index contributed by atoms with van der Waals surface area (Å²) in [5, 5.41) is 11.3. The van der Waals surface area contributed by atoms with Crippen LogP contribution in [-0.4, -0.2) is 40.1 Å². The fourth-order valence-electron chi connectivity index (χ4n) is 3.32. The molecule has 0 aromatic carbocycles. The number of hydrogen-bond acceptors (Lipinski definition) is 5. The number of furan rings is 1. The molecule has 1 amide bonds. The maximum atomic E-state index is 12.8. The van der Waals surface area contributed by atoms with Crippen LogP contribution in [-0.2, 0) is 4.79 Å². The molecule has 1 fully saturated rings. The molecule has 0 bridgehead atoms. The Kier molecular flexibility index (Phi) is 4.83. The monoisotopic (exact) mass is 328 g/mol. The van der Waals surface area contributed by atoms with Crippen LogP contribution in [0.15, 0.2) is 28.8 Å². The number of rotatable bonds is 4. The fourth-order valence-corrected chi connectivity index (χ4v) is 3.32. The van der Waals surface area contributed by atoms with Gasteiger partial charge in [0, 0.05) is 30.9 Å². The van der Waals surface area contributed by atoms with E-state index in [0.717, 1.165) is 48.8 Å². The van der Waals surface area contributed by atoms with Gasteiger partial charge in [0.1, 0.15) is 17.3 Å². The van der Waals surface area contributed by atoms with Gasteiger partial charge in [0.2, 0.25) is 5.91 Å². The van der Waals surface area contributed by atoms with Crippen LogP contribution in [0.25, 0.3) is 0 Å². The van der Waals surface area contributed by atoms with Gasteiger partial charge in [-0.2, -0.15) is 5.10 Å². The van der Waals surface area contributed by atoms with Gasteiger partial charge in [-0.25, -0.2) is 0 Å². The molecule has 128 valence electrons. The molecule has 1 aliphatic rings. The molecule has 3 heterocycles. The lowest BCUT2D eigenvalue weighted by atomic mass is 9.97. The zero-order valence-electron chi connectivity index (χ0n) is 14.5. The van der Waals surface area contributed by atoms with Gasteiger partial charge in [-0.15, -0.1) is 5.10 Å². The van der Waals surface area contributed by atoms with Gasteiger partial charge in [-0.1, -0.05) is 0 Å². The van der Waals surface area contributed by atoms with Crippen LogP contribution in [0.2, 0.25) is 0 Å². The van der Waals surface area contributed by atoms with Crippen LogP contribution in [0.1, 0.15) is 42.8 Å². The number of carbonyl (C=O) groups excluding carboxylic acids is 1. The molecule has 6 nitrogen and oxygen atoms in total. The van der Waals surface area contributed by atoms with Gasteiger partial charge in [0.25, 0.3) is 0 Å². The summed E-state index contributed by atoms with van der Waals surface area (Å²) in [4.78, 5) is 14.7. The van der Waals surface area contributed by atoms with Crippen molar-refractivity contribution in [2.45, 2.75) is 45.6 Å². The van der Waals surface area contributed by atoms with Crippen molar-refractivity contribution >= 4 is 11.7 Å². The first kappa shape index (κ1) is 16.5. The first-order valence-corrected chi connectivity index (χ1v) is 8.44. The molecular weight excluding hydrogens is 304 g/mol. The number of aryl methyl sites for hydroxylation is 2. The van der Waals surface area contributed by atoms with Gasteiger partial charge in [0.15, 0.2) is 0 Å². The highest BCUT2D eigenvalue weighted by atomic mass is 16.3. The number of piperidine rings is 1. The third kappa shape index (κ3) is 3.58. The average Bonchev–Trinajstić information content (AvgIpc) is 2.93. The van der Waals surface area contributed by atoms with Gasteiger partial charge in [-0.05, 0) is 51.8 Å². The van der Waals surface area contributed by atoms with Gasteiger partial charge < -0.3 is 14.6 Å². The van der Waals surface area contributed by atoms with Crippen molar-refractivity contribution < 1.29 is 9.21 Å². The summed E-state index contributed by atoms with van der Waals surface area (Å²) in [5.74, 6) is 2.51. The number of nitrogens with one attached hydrogen (secondary N) is 1. The van der Waals surface area contributed by atoms with Crippen molar-refractivity contribution in [3.05, 3.63) is 41.5 Å². The second kappa shape index (κ2) is 7.03. The Morgan fingerprint density at radius 1 is 1.38 bits per heavy atom. The van der Waals surface area contributed by atoms with Crippen LogP contribution in [0.5, 0.6) is 0 Å². The molecule has 0 radical (unpaired) electrons. The van der Waals surface area contributed by atoms with Crippen LogP contribution in [0.3, 0.4) is 0 Å². The van der Waals surface area contributed by atoms with Crippen molar-refractivity contribution in [3.8, 4) is 0 Å². The molecule has 2 aromatic heterocycles. The summed E-state index contributed by atoms with van der Waals surface area (Å²) in [6.45, 7) is 7.32.